The van der Waals surface area contributed by atoms with Crippen molar-refractivity contribution in [3.05, 3.63) is 65.7 Å². The van der Waals surface area contributed by atoms with Crippen molar-refractivity contribution in [1.29, 1.82) is 0 Å². The van der Waals surface area contributed by atoms with Gasteiger partial charge >= 0.3 is 0 Å². The van der Waals surface area contributed by atoms with Crippen molar-refractivity contribution in [2.24, 2.45) is 5.92 Å². The van der Waals surface area contributed by atoms with Crippen LogP contribution in [-0.4, -0.2) is 48.9 Å². The molecule has 1 aliphatic heterocycles. The Labute approximate surface area is 192 Å². The zero-order valence-corrected chi connectivity index (χ0v) is 19.4. The maximum atomic E-state index is 12.6. The van der Waals surface area contributed by atoms with Gasteiger partial charge in [-0.3, -0.25) is 14.5 Å². The number of hydrogen-bond acceptors (Lipinski definition) is 4. The maximum absolute atomic E-state index is 12.6. The van der Waals surface area contributed by atoms with E-state index >= 15 is 0 Å². The van der Waals surface area contributed by atoms with E-state index in [-0.39, 0.29) is 11.7 Å². The minimum atomic E-state index is -0.462. The van der Waals surface area contributed by atoms with Crippen molar-refractivity contribution < 1.29 is 14.3 Å². The number of piperidine rings is 1. The number of ketones is 1. The van der Waals surface area contributed by atoms with E-state index in [0.29, 0.717) is 25.5 Å². The summed E-state index contributed by atoms with van der Waals surface area (Å²) in [4.78, 5) is 26.8. The Morgan fingerprint density at radius 3 is 2.34 bits per heavy atom. The molecule has 1 fully saturated rings. The summed E-state index contributed by atoms with van der Waals surface area (Å²) in [5, 5.41) is 2.94. The number of carbonyl (C=O) groups excluding carboxylic acids is 2. The monoisotopic (exact) mass is 436 g/mol. The van der Waals surface area contributed by atoms with Crippen LogP contribution < -0.4 is 10.1 Å². The lowest BCUT2D eigenvalue weighted by atomic mass is 9.90. The summed E-state index contributed by atoms with van der Waals surface area (Å²) in [6.07, 6.45) is 5.03. The second kappa shape index (κ2) is 12.4. The molecule has 32 heavy (non-hydrogen) atoms. The minimum Gasteiger partial charge on any atom is -0.494 e. The second-order valence-corrected chi connectivity index (χ2v) is 8.76. The van der Waals surface area contributed by atoms with Gasteiger partial charge in [0.25, 0.3) is 0 Å². The van der Waals surface area contributed by atoms with Crippen molar-refractivity contribution in [2.45, 2.75) is 52.0 Å². The van der Waals surface area contributed by atoms with E-state index in [4.69, 9.17) is 4.74 Å². The van der Waals surface area contributed by atoms with Crippen molar-refractivity contribution in [3.8, 4) is 5.75 Å². The number of Topliss-reactive ketones (excluding diaryl/α,β-unsaturated/α-hetero) is 1. The fourth-order valence-corrected chi connectivity index (χ4v) is 4.31. The number of benzene rings is 2. The van der Waals surface area contributed by atoms with E-state index in [0.717, 1.165) is 43.7 Å². The van der Waals surface area contributed by atoms with Crippen LogP contribution in [0.15, 0.2) is 54.6 Å². The number of amides is 1. The number of aryl methyl sites for hydroxylation is 1. The van der Waals surface area contributed by atoms with Crippen LogP contribution in [0.25, 0.3) is 0 Å². The first-order chi connectivity index (χ1) is 15.5. The molecule has 2 aromatic rings. The number of nitrogens with zero attached hydrogens (tertiary/aromatic N) is 1. The Morgan fingerprint density at radius 1 is 1.03 bits per heavy atom. The highest BCUT2D eigenvalue weighted by Crippen LogP contribution is 2.23. The number of likely N-dealkylation sites (tertiary alicyclic amines) is 1. The molecule has 1 atom stereocenters. The molecule has 1 saturated heterocycles. The lowest BCUT2D eigenvalue weighted by Crippen LogP contribution is -2.47. The summed E-state index contributed by atoms with van der Waals surface area (Å²) in [6, 6.07) is 17.8. The van der Waals surface area contributed by atoms with Gasteiger partial charge in [0.05, 0.1) is 19.2 Å². The predicted octanol–water partition coefficient (Wildman–Crippen LogP) is 4.05. The standard InChI is InChI=1S/C27H36N2O3/c1-3-32-25-13-11-22(12-14-25)9-10-23-15-17-29(18-16-23)20-27(31)28-26(21(2)30)19-24-7-5-4-6-8-24/h4-8,11-14,23,26H,3,9-10,15-20H2,1-2H3,(H,28,31). The summed E-state index contributed by atoms with van der Waals surface area (Å²) in [5.74, 6) is 1.56. The number of ether oxygens (including phenoxy) is 1. The van der Waals surface area contributed by atoms with E-state index in [1.165, 1.54) is 12.0 Å². The van der Waals surface area contributed by atoms with Crippen LogP contribution in [0.2, 0.25) is 0 Å². The van der Waals surface area contributed by atoms with Crippen LogP contribution in [0.4, 0.5) is 0 Å². The summed E-state index contributed by atoms with van der Waals surface area (Å²) in [7, 11) is 0. The number of nitrogens with one attached hydrogen (secondary N) is 1. The van der Waals surface area contributed by atoms with Gasteiger partial charge in [0.2, 0.25) is 5.91 Å². The van der Waals surface area contributed by atoms with Gasteiger partial charge < -0.3 is 10.1 Å². The van der Waals surface area contributed by atoms with E-state index in [1.54, 1.807) is 6.92 Å². The van der Waals surface area contributed by atoms with Gasteiger partial charge in [-0.25, -0.2) is 0 Å². The molecule has 1 heterocycles. The summed E-state index contributed by atoms with van der Waals surface area (Å²) in [5.41, 5.74) is 2.41. The third kappa shape index (κ3) is 7.79. The van der Waals surface area contributed by atoms with Crippen LogP contribution in [0, 0.1) is 5.92 Å². The minimum absolute atomic E-state index is 0.00444. The van der Waals surface area contributed by atoms with E-state index in [1.807, 2.05) is 49.4 Å². The van der Waals surface area contributed by atoms with E-state index in [2.05, 4.69) is 22.3 Å². The Morgan fingerprint density at radius 2 is 1.72 bits per heavy atom. The fourth-order valence-electron chi connectivity index (χ4n) is 4.31. The lowest BCUT2D eigenvalue weighted by molar-refractivity contribution is -0.127. The van der Waals surface area contributed by atoms with Crippen LogP contribution in [0.3, 0.4) is 0 Å². The SMILES string of the molecule is CCOc1ccc(CCC2CCN(CC(=O)NC(Cc3ccccc3)C(C)=O)CC2)cc1. The highest BCUT2D eigenvalue weighted by molar-refractivity contribution is 5.88. The quantitative estimate of drug-likeness (QED) is 0.577. The normalized spacial score (nSPS) is 15.8. The molecule has 1 unspecified atom stereocenters. The summed E-state index contributed by atoms with van der Waals surface area (Å²) >= 11 is 0. The number of hydrogen-bond donors (Lipinski definition) is 1. The van der Waals surface area contributed by atoms with Gasteiger partial charge in [-0.2, -0.15) is 0 Å². The molecule has 3 rings (SSSR count). The van der Waals surface area contributed by atoms with Crippen LogP contribution in [-0.2, 0) is 22.4 Å². The third-order valence-electron chi connectivity index (χ3n) is 6.26. The molecule has 5 heteroatoms. The van der Waals surface area contributed by atoms with Crippen LogP contribution in [0.5, 0.6) is 5.75 Å². The Balaban J connectivity index is 1.38. The highest BCUT2D eigenvalue weighted by Gasteiger charge is 2.23. The molecule has 1 N–H and O–H groups in total. The predicted molar refractivity (Wildman–Crippen MR) is 128 cm³/mol. The highest BCUT2D eigenvalue weighted by atomic mass is 16.5. The van der Waals surface area contributed by atoms with Gasteiger partial charge in [0.15, 0.2) is 5.78 Å². The Hall–Kier alpha value is -2.66. The maximum Gasteiger partial charge on any atom is 0.234 e. The smallest absolute Gasteiger partial charge is 0.234 e. The fraction of sp³-hybridized carbons (Fsp3) is 0.481. The number of rotatable bonds is 11. The van der Waals surface area contributed by atoms with Crippen molar-refractivity contribution in [2.75, 3.05) is 26.2 Å². The van der Waals surface area contributed by atoms with Gasteiger partial charge in [0, 0.05) is 0 Å². The van der Waals surface area contributed by atoms with Gasteiger partial charge in [0.1, 0.15) is 5.75 Å². The molecule has 0 spiro atoms. The summed E-state index contributed by atoms with van der Waals surface area (Å²) < 4.78 is 5.51. The third-order valence-corrected chi connectivity index (χ3v) is 6.26. The Bertz CT molecular complexity index is 843. The zero-order valence-electron chi connectivity index (χ0n) is 19.4. The Kier molecular flexibility index (Phi) is 9.29. The molecule has 0 aliphatic carbocycles. The summed E-state index contributed by atoms with van der Waals surface area (Å²) in [6.45, 7) is 6.47. The molecular weight excluding hydrogens is 400 g/mol. The second-order valence-electron chi connectivity index (χ2n) is 8.76. The molecule has 0 radical (unpaired) electrons. The molecule has 1 amide bonds. The van der Waals surface area contributed by atoms with Gasteiger partial charge in [-0.15, -0.1) is 0 Å². The molecule has 0 aromatic heterocycles. The largest absolute Gasteiger partial charge is 0.494 e. The molecule has 172 valence electrons. The van der Waals surface area contributed by atoms with Gasteiger partial charge in [-0.1, -0.05) is 42.5 Å². The molecule has 0 saturated carbocycles. The van der Waals surface area contributed by atoms with Crippen molar-refractivity contribution in [3.63, 3.8) is 0 Å². The van der Waals surface area contributed by atoms with Gasteiger partial charge in [-0.05, 0) is 88.2 Å². The molecule has 0 bridgehead atoms. The molecule has 5 nitrogen and oxygen atoms in total. The van der Waals surface area contributed by atoms with E-state index < -0.39 is 6.04 Å². The zero-order chi connectivity index (χ0) is 22.8. The first-order valence-corrected chi connectivity index (χ1v) is 11.8. The molecule has 1 aliphatic rings. The first kappa shape index (κ1) is 24.0. The first-order valence-electron chi connectivity index (χ1n) is 11.8. The van der Waals surface area contributed by atoms with Crippen molar-refractivity contribution in [1.82, 2.24) is 10.2 Å². The molecule has 2 aromatic carbocycles. The average Bonchev–Trinajstić information content (AvgIpc) is 2.80. The number of carbonyl (C=O) groups is 2. The lowest BCUT2D eigenvalue weighted by Gasteiger charge is -2.32. The average molecular weight is 437 g/mol. The van der Waals surface area contributed by atoms with Crippen LogP contribution in [0.1, 0.15) is 44.2 Å². The van der Waals surface area contributed by atoms with Crippen LogP contribution >= 0.6 is 0 Å². The van der Waals surface area contributed by atoms with Crippen molar-refractivity contribution >= 4 is 11.7 Å². The van der Waals surface area contributed by atoms with E-state index in [9.17, 15) is 9.59 Å². The topological polar surface area (TPSA) is 58.6 Å². The molecular formula is C27H36N2O3.